The number of halogens is 1. The maximum Gasteiger partial charge on any atom is 0.127 e. The predicted molar refractivity (Wildman–Crippen MR) is 75.0 cm³/mol. The number of benzene rings is 1. The van der Waals surface area contributed by atoms with Crippen LogP contribution in [0.25, 0.3) is 0 Å². The molecule has 0 saturated carbocycles. The zero-order valence-corrected chi connectivity index (χ0v) is 11.5. The van der Waals surface area contributed by atoms with Gasteiger partial charge in [0.2, 0.25) is 0 Å². The normalized spacial score (nSPS) is 12.9. The maximum atomic E-state index is 13.5. The van der Waals surface area contributed by atoms with Crippen LogP contribution in [0.2, 0.25) is 0 Å². The van der Waals surface area contributed by atoms with Crippen LogP contribution in [0.1, 0.15) is 44.2 Å². The van der Waals surface area contributed by atoms with Crippen molar-refractivity contribution >= 4 is 0 Å². The first-order valence-electron chi connectivity index (χ1n) is 6.83. The van der Waals surface area contributed by atoms with Gasteiger partial charge in [0.1, 0.15) is 5.82 Å². The Hall–Kier alpha value is -0.930. The van der Waals surface area contributed by atoms with Crippen LogP contribution in [-0.4, -0.2) is 25.0 Å². The van der Waals surface area contributed by atoms with E-state index in [0.717, 1.165) is 19.5 Å². The van der Waals surface area contributed by atoms with E-state index in [4.69, 9.17) is 5.73 Å². The van der Waals surface area contributed by atoms with Crippen molar-refractivity contribution in [2.45, 2.75) is 38.6 Å². The smallest absolute Gasteiger partial charge is 0.127 e. The molecule has 0 aliphatic rings. The second-order valence-corrected chi connectivity index (χ2v) is 4.93. The molecule has 2 nitrogen and oxygen atoms in total. The van der Waals surface area contributed by atoms with Gasteiger partial charge in [0, 0.05) is 11.6 Å². The van der Waals surface area contributed by atoms with E-state index in [9.17, 15) is 4.39 Å². The Morgan fingerprint density at radius 3 is 2.61 bits per heavy atom. The molecule has 0 spiro atoms. The summed E-state index contributed by atoms with van der Waals surface area (Å²) in [6.45, 7) is 4.21. The SMILES string of the molecule is CCCCCN(C)CCC(N)c1ccccc1F. The third-order valence-corrected chi connectivity index (χ3v) is 3.27. The fourth-order valence-corrected chi connectivity index (χ4v) is 2.03. The topological polar surface area (TPSA) is 29.3 Å². The lowest BCUT2D eigenvalue weighted by atomic mass is 10.0. The van der Waals surface area contributed by atoms with Gasteiger partial charge in [-0.3, -0.25) is 0 Å². The summed E-state index contributed by atoms with van der Waals surface area (Å²) in [7, 11) is 2.10. The average Bonchev–Trinajstić information content (AvgIpc) is 2.37. The van der Waals surface area contributed by atoms with Crippen molar-refractivity contribution < 1.29 is 4.39 Å². The van der Waals surface area contributed by atoms with Crippen molar-refractivity contribution in [2.75, 3.05) is 20.1 Å². The lowest BCUT2D eigenvalue weighted by Gasteiger charge is -2.19. The van der Waals surface area contributed by atoms with Gasteiger partial charge < -0.3 is 10.6 Å². The van der Waals surface area contributed by atoms with Crippen LogP contribution in [0.15, 0.2) is 24.3 Å². The third-order valence-electron chi connectivity index (χ3n) is 3.27. The molecule has 1 unspecified atom stereocenters. The summed E-state index contributed by atoms with van der Waals surface area (Å²) in [6.07, 6.45) is 4.53. The molecule has 1 aromatic rings. The Kier molecular flexibility index (Phi) is 6.91. The molecule has 102 valence electrons. The Balaban J connectivity index is 2.32. The molecule has 1 rings (SSSR count). The highest BCUT2D eigenvalue weighted by Gasteiger charge is 2.11. The van der Waals surface area contributed by atoms with Gasteiger partial charge in [0.15, 0.2) is 0 Å². The zero-order valence-electron chi connectivity index (χ0n) is 11.5. The highest BCUT2D eigenvalue weighted by Crippen LogP contribution is 2.17. The van der Waals surface area contributed by atoms with E-state index >= 15 is 0 Å². The molecule has 0 fully saturated rings. The van der Waals surface area contributed by atoms with Crippen molar-refractivity contribution in [3.8, 4) is 0 Å². The van der Waals surface area contributed by atoms with Crippen LogP contribution in [0.5, 0.6) is 0 Å². The number of nitrogens with two attached hydrogens (primary N) is 1. The van der Waals surface area contributed by atoms with Gasteiger partial charge in [0.05, 0.1) is 0 Å². The minimum absolute atomic E-state index is 0.196. The van der Waals surface area contributed by atoms with Gasteiger partial charge in [-0.05, 0) is 39.0 Å². The van der Waals surface area contributed by atoms with E-state index in [1.807, 2.05) is 6.07 Å². The van der Waals surface area contributed by atoms with Gasteiger partial charge in [-0.25, -0.2) is 4.39 Å². The Morgan fingerprint density at radius 2 is 1.94 bits per heavy atom. The van der Waals surface area contributed by atoms with Crippen LogP contribution < -0.4 is 5.73 Å². The number of rotatable bonds is 8. The molecule has 1 aromatic carbocycles. The summed E-state index contributed by atoms with van der Waals surface area (Å²) in [6, 6.07) is 6.57. The average molecular weight is 252 g/mol. The monoisotopic (exact) mass is 252 g/mol. The fraction of sp³-hybridized carbons (Fsp3) is 0.600. The van der Waals surface area contributed by atoms with Crippen LogP contribution in [0, 0.1) is 5.82 Å². The first kappa shape index (κ1) is 15.1. The quantitative estimate of drug-likeness (QED) is 0.719. The summed E-state index contributed by atoms with van der Waals surface area (Å²) in [5.74, 6) is -0.196. The lowest BCUT2D eigenvalue weighted by molar-refractivity contribution is 0.310. The van der Waals surface area contributed by atoms with E-state index in [0.29, 0.717) is 5.56 Å². The second-order valence-electron chi connectivity index (χ2n) is 4.93. The minimum atomic E-state index is -0.208. The van der Waals surface area contributed by atoms with E-state index in [1.54, 1.807) is 12.1 Å². The molecule has 0 saturated heterocycles. The molecule has 3 heteroatoms. The molecule has 2 N–H and O–H groups in total. The van der Waals surface area contributed by atoms with Gasteiger partial charge in [-0.15, -0.1) is 0 Å². The standard InChI is InChI=1S/C15H25FN2/c1-3-4-7-11-18(2)12-10-15(17)13-8-5-6-9-14(13)16/h5-6,8-9,15H,3-4,7,10-12,17H2,1-2H3. The predicted octanol–water partition coefficient (Wildman–Crippen LogP) is 3.34. The fourth-order valence-electron chi connectivity index (χ4n) is 2.03. The van der Waals surface area contributed by atoms with Crippen molar-refractivity contribution in [3.05, 3.63) is 35.6 Å². The minimum Gasteiger partial charge on any atom is -0.324 e. The number of hydrogen-bond donors (Lipinski definition) is 1. The molecule has 0 heterocycles. The van der Waals surface area contributed by atoms with Crippen LogP contribution >= 0.6 is 0 Å². The van der Waals surface area contributed by atoms with E-state index in [-0.39, 0.29) is 11.9 Å². The van der Waals surface area contributed by atoms with Crippen molar-refractivity contribution in [2.24, 2.45) is 5.73 Å². The Morgan fingerprint density at radius 1 is 1.22 bits per heavy atom. The maximum absolute atomic E-state index is 13.5. The molecule has 0 radical (unpaired) electrons. The molecular formula is C15H25FN2. The van der Waals surface area contributed by atoms with Crippen LogP contribution in [-0.2, 0) is 0 Å². The number of nitrogens with zero attached hydrogens (tertiary/aromatic N) is 1. The largest absolute Gasteiger partial charge is 0.324 e. The first-order chi connectivity index (χ1) is 8.65. The van der Waals surface area contributed by atoms with E-state index in [2.05, 4.69) is 18.9 Å². The molecule has 0 aliphatic carbocycles. The highest BCUT2D eigenvalue weighted by molar-refractivity contribution is 5.20. The Bertz CT molecular complexity index is 341. The first-order valence-corrected chi connectivity index (χ1v) is 6.83. The zero-order chi connectivity index (χ0) is 13.4. The summed E-state index contributed by atoms with van der Waals surface area (Å²) >= 11 is 0. The Labute approximate surface area is 110 Å². The molecule has 0 aliphatic heterocycles. The van der Waals surface area contributed by atoms with Crippen LogP contribution in [0.4, 0.5) is 4.39 Å². The van der Waals surface area contributed by atoms with Gasteiger partial charge >= 0.3 is 0 Å². The molecular weight excluding hydrogens is 227 g/mol. The third kappa shape index (κ3) is 5.15. The summed E-state index contributed by atoms with van der Waals surface area (Å²) in [5, 5.41) is 0. The van der Waals surface area contributed by atoms with Crippen molar-refractivity contribution in [3.63, 3.8) is 0 Å². The summed E-state index contributed by atoms with van der Waals surface area (Å²) < 4.78 is 13.5. The van der Waals surface area contributed by atoms with Gasteiger partial charge in [-0.2, -0.15) is 0 Å². The van der Waals surface area contributed by atoms with Gasteiger partial charge in [-0.1, -0.05) is 38.0 Å². The molecule has 1 atom stereocenters. The van der Waals surface area contributed by atoms with Crippen LogP contribution in [0.3, 0.4) is 0 Å². The molecule has 18 heavy (non-hydrogen) atoms. The summed E-state index contributed by atoms with van der Waals surface area (Å²) in [4.78, 5) is 2.27. The van der Waals surface area contributed by atoms with Crippen molar-refractivity contribution in [1.29, 1.82) is 0 Å². The molecule has 0 amide bonds. The van der Waals surface area contributed by atoms with E-state index in [1.165, 1.54) is 25.3 Å². The molecule has 0 bridgehead atoms. The number of hydrogen-bond acceptors (Lipinski definition) is 2. The summed E-state index contributed by atoms with van der Waals surface area (Å²) in [5.41, 5.74) is 6.66. The number of unbranched alkanes of at least 4 members (excludes halogenated alkanes) is 2. The van der Waals surface area contributed by atoms with Gasteiger partial charge in [0.25, 0.3) is 0 Å². The molecule has 0 aromatic heterocycles. The van der Waals surface area contributed by atoms with E-state index < -0.39 is 0 Å². The lowest BCUT2D eigenvalue weighted by Crippen LogP contribution is -2.25. The highest BCUT2D eigenvalue weighted by atomic mass is 19.1. The van der Waals surface area contributed by atoms with Crippen molar-refractivity contribution in [1.82, 2.24) is 4.90 Å². The second kappa shape index (κ2) is 8.22.